The van der Waals surface area contributed by atoms with Crippen molar-refractivity contribution in [2.24, 2.45) is 11.3 Å². The first-order valence-corrected chi connectivity index (χ1v) is 6.55. The Kier molecular flexibility index (Phi) is 4.69. The number of hydrogen-bond acceptors (Lipinski definition) is 1. The number of nitrogens with one attached hydrogen (secondary N) is 1. The minimum atomic E-state index is 0.559. The lowest BCUT2D eigenvalue weighted by molar-refractivity contribution is 0.245. The van der Waals surface area contributed by atoms with Gasteiger partial charge in [-0.2, -0.15) is 0 Å². The largest absolute Gasteiger partial charge is 0.388 e. The van der Waals surface area contributed by atoms with Crippen LogP contribution in [-0.2, 0) is 0 Å². The molecule has 0 radical (unpaired) electrons. The van der Waals surface area contributed by atoms with Gasteiger partial charge in [0.05, 0.1) is 0 Å². The third-order valence-corrected chi connectivity index (χ3v) is 3.88. The van der Waals surface area contributed by atoms with E-state index in [0.29, 0.717) is 11.5 Å². The van der Waals surface area contributed by atoms with Crippen molar-refractivity contribution in [3.63, 3.8) is 0 Å². The summed E-state index contributed by atoms with van der Waals surface area (Å²) in [5.41, 5.74) is 0.559. The smallest absolute Gasteiger partial charge is 0.0337 e. The predicted molar refractivity (Wildman–Crippen MR) is 67.8 cm³/mol. The molecule has 0 aromatic rings. The Morgan fingerprint density at radius 2 is 1.80 bits per heavy atom. The molecule has 15 heavy (non-hydrogen) atoms. The first-order valence-electron chi connectivity index (χ1n) is 6.55. The summed E-state index contributed by atoms with van der Waals surface area (Å²) in [4.78, 5) is 0. The second-order valence-corrected chi connectivity index (χ2v) is 5.34. The van der Waals surface area contributed by atoms with Crippen molar-refractivity contribution < 1.29 is 0 Å². The molecule has 1 heteroatoms. The van der Waals surface area contributed by atoms with Crippen molar-refractivity contribution in [1.29, 1.82) is 0 Å². The van der Waals surface area contributed by atoms with E-state index in [9.17, 15) is 0 Å². The molecule has 0 aromatic heterocycles. The maximum absolute atomic E-state index is 3.83. The molecule has 1 aliphatic rings. The Morgan fingerprint density at radius 3 is 2.13 bits per heavy atom. The molecule has 0 spiro atoms. The number of hydrogen-bond donors (Lipinski definition) is 1. The molecule has 0 bridgehead atoms. The summed E-state index contributed by atoms with van der Waals surface area (Å²) in [6, 6.07) is 0.662. The first-order chi connectivity index (χ1) is 7.18. The summed E-state index contributed by atoms with van der Waals surface area (Å²) < 4.78 is 0. The third-order valence-electron chi connectivity index (χ3n) is 3.88. The van der Waals surface area contributed by atoms with E-state index >= 15 is 0 Å². The highest BCUT2D eigenvalue weighted by atomic mass is 14.9. The molecule has 88 valence electrons. The van der Waals surface area contributed by atoms with Crippen LogP contribution in [0.15, 0.2) is 12.8 Å². The van der Waals surface area contributed by atoms with Gasteiger partial charge >= 0.3 is 0 Å². The number of rotatable bonds is 8. The molecule has 0 heterocycles. The van der Waals surface area contributed by atoms with Crippen molar-refractivity contribution in [2.45, 2.75) is 65.3 Å². The third kappa shape index (κ3) is 3.25. The zero-order valence-corrected chi connectivity index (χ0v) is 10.7. The maximum atomic E-state index is 3.83. The van der Waals surface area contributed by atoms with Crippen molar-refractivity contribution in [3.8, 4) is 0 Å². The fraction of sp³-hybridized carbons (Fsp3) is 0.857. The topological polar surface area (TPSA) is 12.0 Å². The molecular formula is C14H27N. The average Bonchev–Trinajstić information content (AvgIpc) is 2.94. The van der Waals surface area contributed by atoms with Gasteiger partial charge < -0.3 is 5.32 Å². The van der Waals surface area contributed by atoms with Gasteiger partial charge in [-0.3, -0.25) is 0 Å². The highest BCUT2D eigenvalue weighted by molar-refractivity contribution is 5.02. The van der Waals surface area contributed by atoms with Crippen molar-refractivity contribution in [1.82, 2.24) is 5.32 Å². The van der Waals surface area contributed by atoms with Gasteiger partial charge in [-0.1, -0.05) is 40.2 Å². The standard InChI is InChI=1S/C14H27N/c1-5-8-12(9-6-2)13(15-7-3)14(4)10-11-14/h7,12-13,15H,3,5-6,8-11H2,1-2,4H3. The summed E-state index contributed by atoms with van der Waals surface area (Å²) in [6.07, 6.45) is 9.99. The van der Waals surface area contributed by atoms with E-state index in [1.54, 1.807) is 0 Å². The molecule has 1 rings (SSSR count). The molecule has 0 aromatic carbocycles. The molecule has 1 saturated carbocycles. The highest BCUT2D eigenvalue weighted by Gasteiger charge is 2.46. The molecule has 1 fully saturated rings. The van der Waals surface area contributed by atoms with E-state index in [1.807, 2.05) is 6.20 Å². The molecule has 1 nitrogen and oxygen atoms in total. The lowest BCUT2D eigenvalue weighted by atomic mass is 9.81. The molecule has 0 saturated heterocycles. The van der Waals surface area contributed by atoms with Gasteiger partial charge in [0.1, 0.15) is 0 Å². The van der Waals surface area contributed by atoms with Gasteiger partial charge in [0.2, 0.25) is 0 Å². The Morgan fingerprint density at radius 1 is 1.27 bits per heavy atom. The van der Waals surface area contributed by atoms with Crippen molar-refractivity contribution in [2.75, 3.05) is 0 Å². The minimum Gasteiger partial charge on any atom is -0.388 e. The molecular weight excluding hydrogens is 182 g/mol. The van der Waals surface area contributed by atoms with Crippen molar-refractivity contribution in [3.05, 3.63) is 12.8 Å². The summed E-state index contributed by atoms with van der Waals surface area (Å²) in [5, 5.41) is 3.52. The van der Waals surface area contributed by atoms with Crippen LogP contribution in [0, 0.1) is 11.3 Å². The second kappa shape index (κ2) is 5.58. The molecule has 0 amide bonds. The normalized spacial score (nSPS) is 20.0. The van der Waals surface area contributed by atoms with Crippen LogP contribution in [-0.4, -0.2) is 6.04 Å². The highest BCUT2D eigenvalue weighted by Crippen LogP contribution is 2.51. The molecule has 1 aliphatic carbocycles. The van der Waals surface area contributed by atoms with Gasteiger partial charge in [-0.25, -0.2) is 0 Å². The van der Waals surface area contributed by atoms with Crippen molar-refractivity contribution >= 4 is 0 Å². The van der Waals surface area contributed by atoms with E-state index in [2.05, 4.69) is 32.7 Å². The van der Waals surface area contributed by atoms with E-state index in [0.717, 1.165) is 5.92 Å². The monoisotopic (exact) mass is 209 g/mol. The maximum Gasteiger partial charge on any atom is 0.0337 e. The van der Waals surface area contributed by atoms with Gasteiger partial charge in [0, 0.05) is 6.04 Å². The molecule has 1 N–H and O–H groups in total. The molecule has 1 atom stereocenters. The Hall–Kier alpha value is -0.460. The van der Waals surface area contributed by atoms with E-state index < -0.39 is 0 Å². The van der Waals surface area contributed by atoms with Crippen LogP contribution in [0.25, 0.3) is 0 Å². The van der Waals surface area contributed by atoms with Gasteiger partial charge in [-0.05, 0) is 43.2 Å². The summed E-state index contributed by atoms with van der Waals surface area (Å²) in [5.74, 6) is 0.838. The van der Waals surface area contributed by atoms with Crippen LogP contribution in [0.3, 0.4) is 0 Å². The minimum absolute atomic E-state index is 0.559. The van der Waals surface area contributed by atoms with Crippen LogP contribution in [0.2, 0.25) is 0 Å². The second-order valence-electron chi connectivity index (χ2n) is 5.34. The van der Waals surface area contributed by atoms with Gasteiger partial charge in [-0.15, -0.1) is 0 Å². The van der Waals surface area contributed by atoms with E-state index in [1.165, 1.54) is 38.5 Å². The zero-order chi connectivity index (χ0) is 11.3. The Bertz CT molecular complexity index is 188. The summed E-state index contributed by atoms with van der Waals surface area (Å²) in [7, 11) is 0. The Balaban J connectivity index is 2.60. The SMILES string of the molecule is C=CNC(C(CCC)CCC)C1(C)CC1. The lowest BCUT2D eigenvalue weighted by Crippen LogP contribution is -2.39. The average molecular weight is 209 g/mol. The fourth-order valence-corrected chi connectivity index (χ4v) is 2.76. The van der Waals surface area contributed by atoms with E-state index in [4.69, 9.17) is 0 Å². The predicted octanol–water partition coefficient (Wildman–Crippen LogP) is 4.10. The van der Waals surface area contributed by atoms with E-state index in [-0.39, 0.29) is 0 Å². The quantitative estimate of drug-likeness (QED) is 0.634. The summed E-state index contributed by atoms with van der Waals surface area (Å²) >= 11 is 0. The van der Waals surface area contributed by atoms with Crippen LogP contribution in [0.4, 0.5) is 0 Å². The fourth-order valence-electron chi connectivity index (χ4n) is 2.76. The van der Waals surface area contributed by atoms with Gasteiger partial charge in [0.25, 0.3) is 0 Å². The van der Waals surface area contributed by atoms with Crippen LogP contribution >= 0.6 is 0 Å². The molecule has 0 aliphatic heterocycles. The Labute approximate surface area is 95.3 Å². The van der Waals surface area contributed by atoms with Gasteiger partial charge in [0.15, 0.2) is 0 Å². The van der Waals surface area contributed by atoms with Crippen LogP contribution in [0.5, 0.6) is 0 Å². The lowest BCUT2D eigenvalue weighted by Gasteiger charge is -2.32. The van der Waals surface area contributed by atoms with Crippen LogP contribution in [0.1, 0.15) is 59.3 Å². The molecule has 1 unspecified atom stereocenters. The first kappa shape index (κ1) is 12.6. The van der Waals surface area contributed by atoms with Crippen LogP contribution < -0.4 is 5.32 Å². The zero-order valence-electron chi connectivity index (χ0n) is 10.7. The summed E-state index contributed by atoms with van der Waals surface area (Å²) in [6.45, 7) is 10.8.